The van der Waals surface area contributed by atoms with Gasteiger partial charge in [0.1, 0.15) is 0 Å². The van der Waals surface area contributed by atoms with Gasteiger partial charge in [-0.2, -0.15) is 0 Å². The van der Waals surface area contributed by atoms with E-state index in [-0.39, 0.29) is 5.60 Å². The molecule has 1 spiro atoms. The standard InChI is InChI=1S/C9H17NO/c1-2-4-9(5-7-11-9)8-10-6-3-1/h10H,1-8H2. The topological polar surface area (TPSA) is 21.3 Å². The molecule has 0 saturated carbocycles. The molecule has 2 aliphatic rings. The van der Waals surface area contributed by atoms with E-state index in [1.54, 1.807) is 0 Å². The van der Waals surface area contributed by atoms with Gasteiger partial charge in [0.05, 0.1) is 12.2 Å². The van der Waals surface area contributed by atoms with Crippen LogP contribution in [0.2, 0.25) is 0 Å². The van der Waals surface area contributed by atoms with Crippen molar-refractivity contribution >= 4 is 0 Å². The summed E-state index contributed by atoms with van der Waals surface area (Å²) in [6.07, 6.45) is 6.63. The molecule has 2 heteroatoms. The predicted molar refractivity (Wildman–Crippen MR) is 44.6 cm³/mol. The lowest BCUT2D eigenvalue weighted by atomic mass is 9.87. The highest BCUT2D eigenvalue weighted by molar-refractivity contribution is 4.90. The van der Waals surface area contributed by atoms with Crippen LogP contribution in [0.15, 0.2) is 0 Å². The smallest absolute Gasteiger partial charge is 0.0828 e. The van der Waals surface area contributed by atoms with E-state index < -0.39 is 0 Å². The first-order valence-electron chi connectivity index (χ1n) is 4.76. The Morgan fingerprint density at radius 1 is 1.09 bits per heavy atom. The Labute approximate surface area is 68.3 Å². The van der Waals surface area contributed by atoms with Crippen LogP contribution in [0.1, 0.15) is 32.1 Å². The Morgan fingerprint density at radius 3 is 2.73 bits per heavy atom. The second-order valence-electron chi connectivity index (χ2n) is 3.77. The van der Waals surface area contributed by atoms with Gasteiger partial charge in [-0.05, 0) is 19.4 Å². The van der Waals surface area contributed by atoms with Crippen LogP contribution in [0.4, 0.5) is 0 Å². The molecule has 64 valence electrons. The van der Waals surface area contributed by atoms with Crippen molar-refractivity contribution in [3.8, 4) is 0 Å². The Bertz CT molecular complexity index is 122. The normalized spacial score (nSPS) is 39.3. The van der Waals surface area contributed by atoms with Crippen molar-refractivity contribution < 1.29 is 4.74 Å². The second-order valence-corrected chi connectivity index (χ2v) is 3.77. The highest BCUT2D eigenvalue weighted by Crippen LogP contribution is 2.32. The summed E-state index contributed by atoms with van der Waals surface area (Å²) in [5.74, 6) is 0. The molecule has 0 bridgehead atoms. The van der Waals surface area contributed by atoms with Crippen molar-refractivity contribution in [2.45, 2.75) is 37.7 Å². The van der Waals surface area contributed by atoms with E-state index in [2.05, 4.69) is 5.32 Å². The van der Waals surface area contributed by atoms with Crippen molar-refractivity contribution in [2.24, 2.45) is 0 Å². The molecule has 2 saturated heterocycles. The third-order valence-electron chi connectivity index (χ3n) is 2.90. The summed E-state index contributed by atoms with van der Waals surface area (Å²) in [6.45, 7) is 3.26. The summed E-state index contributed by atoms with van der Waals surface area (Å²) in [7, 11) is 0. The summed E-state index contributed by atoms with van der Waals surface area (Å²) >= 11 is 0. The van der Waals surface area contributed by atoms with Gasteiger partial charge < -0.3 is 10.1 Å². The molecule has 2 fully saturated rings. The summed E-state index contributed by atoms with van der Waals surface area (Å²) in [5, 5.41) is 3.46. The summed E-state index contributed by atoms with van der Waals surface area (Å²) in [5.41, 5.74) is 0.264. The molecule has 0 aromatic carbocycles. The molecule has 11 heavy (non-hydrogen) atoms. The molecule has 2 rings (SSSR count). The Hall–Kier alpha value is -0.0800. The van der Waals surface area contributed by atoms with Gasteiger partial charge in [0, 0.05) is 13.0 Å². The first kappa shape index (κ1) is 7.56. The summed E-state index contributed by atoms with van der Waals surface area (Å²) in [6, 6.07) is 0. The quantitative estimate of drug-likeness (QED) is 0.569. The van der Waals surface area contributed by atoms with Gasteiger partial charge in [-0.1, -0.05) is 12.8 Å². The number of nitrogens with one attached hydrogen (secondary N) is 1. The third-order valence-corrected chi connectivity index (χ3v) is 2.90. The van der Waals surface area contributed by atoms with E-state index in [0.717, 1.165) is 13.2 Å². The van der Waals surface area contributed by atoms with Gasteiger partial charge in [0.15, 0.2) is 0 Å². The zero-order valence-corrected chi connectivity index (χ0v) is 7.07. The van der Waals surface area contributed by atoms with E-state index in [1.807, 2.05) is 0 Å². The first-order chi connectivity index (χ1) is 5.41. The van der Waals surface area contributed by atoms with Gasteiger partial charge in [0.25, 0.3) is 0 Å². The molecule has 0 aliphatic carbocycles. The molecule has 0 radical (unpaired) electrons. The zero-order valence-electron chi connectivity index (χ0n) is 7.07. The molecule has 2 nitrogen and oxygen atoms in total. The third kappa shape index (κ3) is 1.57. The fourth-order valence-corrected chi connectivity index (χ4v) is 2.01. The van der Waals surface area contributed by atoms with Crippen molar-refractivity contribution in [2.75, 3.05) is 19.7 Å². The van der Waals surface area contributed by atoms with Crippen LogP contribution in [-0.4, -0.2) is 25.3 Å². The van der Waals surface area contributed by atoms with E-state index in [1.165, 1.54) is 38.6 Å². The molecule has 2 heterocycles. The van der Waals surface area contributed by atoms with Crippen LogP contribution < -0.4 is 5.32 Å². The molecule has 1 N–H and O–H groups in total. The lowest BCUT2D eigenvalue weighted by Crippen LogP contribution is -2.52. The van der Waals surface area contributed by atoms with Crippen molar-refractivity contribution in [3.63, 3.8) is 0 Å². The molecular formula is C9H17NO. The average molecular weight is 155 g/mol. The summed E-state index contributed by atoms with van der Waals surface area (Å²) in [4.78, 5) is 0. The number of hydrogen-bond acceptors (Lipinski definition) is 2. The minimum Gasteiger partial charge on any atom is -0.373 e. The number of rotatable bonds is 0. The molecule has 0 aromatic heterocycles. The highest BCUT2D eigenvalue weighted by atomic mass is 16.5. The van der Waals surface area contributed by atoms with Crippen LogP contribution in [-0.2, 0) is 4.74 Å². The number of ether oxygens (including phenoxy) is 1. The fourth-order valence-electron chi connectivity index (χ4n) is 2.01. The molecule has 1 atom stereocenters. The largest absolute Gasteiger partial charge is 0.373 e. The maximum absolute atomic E-state index is 5.63. The average Bonchev–Trinajstić information content (AvgIpc) is 1.82. The van der Waals surface area contributed by atoms with Crippen molar-refractivity contribution in [3.05, 3.63) is 0 Å². The van der Waals surface area contributed by atoms with E-state index in [4.69, 9.17) is 4.74 Å². The minimum absolute atomic E-state index is 0.264. The van der Waals surface area contributed by atoms with E-state index in [0.29, 0.717) is 0 Å². The molecular weight excluding hydrogens is 138 g/mol. The molecule has 0 aromatic rings. The van der Waals surface area contributed by atoms with E-state index in [9.17, 15) is 0 Å². The maximum atomic E-state index is 5.63. The van der Waals surface area contributed by atoms with E-state index >= 15 is 0 Å². The van der Waals surface area contributed by atoms with Gasteiger partial charge in [-0.25, -0.2) is 0 Å². The van der Waals surface area contributed by atoms with Crippen LogP contribution in [0.5, 0.6) is 0 Å². The summed E-state index contributed by atoms with van der Waals surface area (Å²) < 4.78 is 5.63. The first-order valence-corrected chi connectivity index (χ1v) is 4.76. The van der Waals surface area contributed by atoms with Crippen LogP contribution >= 0.6 is 0 Å². The minimum atomic E-state index is 0.264. The van der Waals surface area contributed by atoms with Gasteiger partial charge in [-0.3, -0.25) is 0 Å². The lowest BCUT2D eigenvalue weighted by Gasteiger charge is -2.43. The Kier molecular flexibility index (Phi) is 2.14. The lowest BCUT2D eigenvalue weighted by molar-refractivity contribution is -0.150. The SMILES string of the molecule is C1CCNCC2(CC1)CCO2. The van der Waals surface area contributed by atoms with Crippen LogP contribution in [0.3, 0.4) is 0 Å². The van der Waals surface area contributed by atoms with Crippen molar-refractivity contribution in [1.29, 1.82) is 0 Å². The van der Waals surface area contributed by atoms with Crippen LogP contribution in [0.25, 0.3) is 0 Å². The number of hydrogen-bond donors (Lipinski definition) is 1. The monoisotopic (exact) mass is 155 g/mol. The zero-order chi connectivity index (χ0) is 7.57. The Balaban J connectivity index is 1.86. The molecule has 1 unspecified atom stereocenters. The van der Waals surface area contributed by atoms with Crippen LogP contribution in [0, 0.1) is 0 Å². The maximum Gasteiger partial charge on any atom is 0.0828 e. The Morgan fingerprint density at radius 2 is 2.00 bits per heavy atom. The highest BCUT2D eigenvalue weighted by Gasteiger charge is 2.37. The van der Waals surface area contributed by atoms with Crippen molar-refractivity contribution in [1.82, 2.24) is 5.32 Å². The predicted octanol–water partition coefficient (Wildman–Crippen LogP) is 1.31. The van der Waals surface area contributed by atoms with Gasteiger partial charge in [-0.15, -0.1) is 0 Å². The second kappa shape index (κ2) is 3.11. The van der Waals surface area contributed by atoms with Gasteiger partial charge >= 0.3 is 0 Å². The van der Waals surface area contributed by atoms with Gasteiger partial charge in [0.2, 0.25) is 0 Å². The molecule has 2 aliphatic heterocycles. The molecule has 0 amide bonds. The fraction of sp³-hybridized carbons (Fsp3) is 1.00.